The molecular weight excluding hydrogens is 176 g/mol. The fraction of sp³-hybridized carbons (Fsp3) is 0.0833. The van der Waals surface area contributed by atoms with E-state index in [1.807, 2.05) is 31.0 Å². The van der Waals surface area contributed by atoms with Crippen molar-refractivity contribution in [1.29, 1.82) is 0 Å². The van der Waals surface area contributed by atoms with Gasteiger partial charge < -0.3 is 4.42 Å². The molecule has 0 fully saturated rings. The van der Waals surface area contributed by atoms with E-state index in [9.17, 15) is 4.79 Å². The van der Waals surface area contributed by atoms with Gasteiger partial charge in [-0.15, -0.1) is 6.42 Å². The molecule has 0 aliphatic heterocycles. The molecule has 2 aromatic rings. The zero-order chi connectivity index (χ0) is 10.1. The van der Waals surface area contributed by atoms with Gasteiger partial charge in [0.25, 0.3) is 5.78 Å². The van der Waals surface area contributed by atoms with Gasteiger partial charge in [-0.25, -0.2) is 0 Å². The number of carbonyl (C=O) groups is 1. The van der Waals surface area contributed by atoms with Gasteiger partial charge in [0.05, 0.1) is 0 Å². The fourth-order valence-electron chi connectivity index (χ4n) is 1.35. The second kappa shape index (κ2) is 3.04. The van der Waals surface area contributed by atoms with Crippen LogP contribution in [-0.4, -0.2) is 5.78 Å². The van der Waals surface area contributed by atoms with Crippen LogP contribution in [0.2, 0.25) is 0 Å². The SMILES string of the molecule is C#CC(=O)c1cc2cc(C)ccc2o1. The molecule has 0 unspecified atom stereocenters. The number of hydrogen-bond donors (Lipinski definition) is 0. The van der Waals surface area contributed by atoms with E-state index < -0.39 is 5.78 Å². The van der Waals surface area contributed by atoms with Crippen molar-refractivity contribution >= 4 is 16.8 Å². The van der Waals surface area contributed by atoms with Gasteiger partial charge in [-0.1, -0.05) is 11.6 Å². The van der Waals surface area contributed by atoms with Crippen molar-refractivity contribution in [3.63, 3.8) is 0 Å². The third-order valence-electron chi connectivity index (χ3n) is 2.03. The van der Waals surface area contributed by atoms with E-state index in [4.69, 9.17) is 10.8 Å². The molecule has 0 saturated heterocycles. The summed E-state index contributed by atoms with van der Waals surface area (Å²) >= 11 is 0. The van der Waals surface area contributed by atoms with Gasteiger partial charge in [0.2, 0.25) is 0 Å². The van der Waals surface area contributed by atoms with E-state index in [0.717, 1.165) is 10.9 Å². The molecule has 2 heteroatoms. The predicted octanol–water partition coefficient (Wildman–Crippen LogP) is 2.56. The number of benzene rings is 1. The summed E-state index contributed by atoms with van der Waals surface area (Å²) < 4.78 is 5.28. The Kier molecular flexibility index (Phi) is 1.86. The van der Waals surface area contributed by atoms with Crippen LogP contribution < -0.4 is 0 Å². The second-order valence-corrected chi connectivity index (χ2v) is 3.13. The minimum Gasteiger partial charge on any atom is -0.452 e. The first-order valence-electron chi connectivity index (χ1n) is 4.22. The maximum atomic E-state index is 11.1. The molecule has 68 valence electrons. The van der Waals surface area contributed by atoms with Crippen LogP contribution in [0.4, 0.5) is 0 Å². The van der Waals surface area contributed by atoms with Crippen LogP contribution in [0.1, 0.15) is 16.1 Å². The number of rotatable bonds is 1. The zero-order valence-electron chi connectivity index (χ0n) is 7.70. The Balaban J connectivity index is 2.64. The number of fused-ring (bicyclic) bond motifs is 1. The van der Waals surface area contributed by atoms with Crippen LogP contribution >= 0.6 is 0 Å². The molecule has 2 nitrogen and oxygen atoms in total. The molecular formula is C12H8O2. The second-order valence-electron chi connectivity index (χ2n) is 3.13. The van der Waals surface area contributed by atoms with Crippen LogP contribution in [-0.2, 0) is 0 Å². The Morgan fingerprint density at radius 2 is 2.21 bits per heavy atom. The standard InChI is InChI=1S/C12H8O2/c1-3-10(13)12-7-9-6-8(2)4-5-11(9)14-12/h1,4-7H,2H3. The molecule has 2 rings (SSSR count). The molecule has 0 atom stereocenters. The van der Waals surface area contributed by atoms with Crippen molar-refractivity contribution in [1.82, 2.24) is 0 Å². The van der Waals surface area contributed by atoms with E-state index in [1.54, 1.807) is 6.07 Å². The predicted molar refractivity (Wildman–Crippen MR) is 54.1 cm³/mol. The molecule has 0 saturated carbocycles. The molecule has 0 radical (unpaired) electrons. The first-order valence-corrected chi connectivity index (χ1v) is 4.22. The molecule has 1 heterocycles. The highest BCUT2D eigenvalue weighted by Gasteiger charge is 2.09. The molecule has 1 aromatic heterocycles. The number of furan rings is 1. The molecule has 0 bridgehead atoms. The summed E-state index contributed by atoms with van der Waals surface area (Å²) in [4.78, 5) is 11.1. The van der Waals surface area contributed by atoms with E-state index >= 15 is 0 Å². The van der Waals surface area contributed by atoms with Crippen molar-refractivity contribution in [2.24, 2.45) is 0 Å². The lowest BCUT2D eigenvalue weighted by molar-refractivity contribution is 0.103. The van der Waals surface area contributed by atoms with Crippen LogP contribution in [0, 0.1) is 19.3 Å². The summed E-state index contributed by atoms with van der Waals surface area (Å²) in [6.07, 6.45) is 5.00. The first kappa shape index (κ1) is 8.58. The molecule has 0 aliphatic carbocycles. The minimum absolute atomic E-state index is 0.230. The third-order valence-corrected chi connectivity index (χ3v) is 2.03. The molecule has 14 heavy (non-hydrogen) atoms. The number of aryl methyl sites for hydroxylation is 1. The van der Waals surface area contributed by atoms with Gasteiger partial charge in [0.15, 0.2) is 5.76 Å². The average Bonchev–Trinajstić information content (AvgIpc) is 2.59. The zero-order valence-corrected chi connectivity index (χ0v) is 7.70. The normalized spacial score (nSPS) is 10.0. The quantitative estimate of drug-likeness (QED) is 0.387. The van der Waals surface area contributed by atoms with Crippen molar-refractivity contribution in [2.75, 3.05) is 0 Å². The summed E-state index contributed by atoms with van der Waals surface area (Å²) in [5, 5.41) is 0.906. The maximum Gasteiger partial charge on any atom is 0.270 e. The van der Waals surface area contributed by atoms with Gasteiger partial charge in [-0.05, 0) is 31.0 Å². The monoisotopic (exact) mass is 184 g/mol. The summed E-state index contributed by atoms with van der Waals surface area (Å²) in [6, 6.07) is 7.38. The number of ketones is 1. The Morgan fingerprint density at radius 1 is 1.43 bits per heavy atom. The van der Waals surface area contributed by atoms with Crippen LogP contribution in [0.15, 0.2) is 28.7 Å². The van der Waals surface area contributed by atoms with Crippen molar-refractivity contribution in [3.05, 3.63) is 35.6 Å². The van der Waals surface area contributed by atoms with E-state index in [2.05, 4.69) is 0 Å². The van der Waals surface area contributed by atoms with E-state index in [1.165, 1.54) is 0 Å². The van der Waals surface area contributed by atoms with Gasteiger partial charge in [-0.3, -0.25) is 4.79 Å². The molecule has 0 spiro atoms. The van der Waals surface area contributed by atoms with Gasteiger partial charge in [0.1, 0.15) is 5.58 Å². The van der Waals surface area contributed by atoms with E-state index in [0.29, 0.717) is 5.58 Å². The number of carbonyl (C=O) groups excluding carboxylic acids is 1. The highest BCUT2D eigenvalue weighted by Crippen LogP contribution is 2.20. The Hall–Kier alpha value is -2.01. The Labute approximate surface area is 81.5 Å². The lowest BCUT2D eigenvalue weighted by Gasteiger charge is -1.89. The van der Waals surface area contributed by atoms with Gasteiger partial charge >= 0.3 is 0 Å². The highest BCUT2D eigenvalue weighted by molar-refractivity contribution is 6.08. The van der Waals surface area contributed by atoms with Crippen LogP contribution in [0.3, 0.4) is 0 Å². The number of terminal acetylenes is 1. The first-order chi connectivity index (χ1) is 6.70. The number of Topliss-reactive ketones (excluding diaryl/α,β-unsaturated/α-hetero) is 1. The third kappa shape index (κ3) is 1.29. The molecule has 1 aromatic carbocycles. The minimum atomic E-state index is -0.418. The molecule has 0 N–H and O–H groups in total. The van der Waals surface area contributed by atoms with Crippen molar-refractivity contribution in [3.8, 4) is 12.3 Å². The number of hydrogen-bond acceptors (Lipinski definition) is 2. The van der Waals surface area contributed by atoms with E-state index in [-0.39, 0.29) is 5.76 Å². The smallest absolute Gasteiger partial charge is 0.270 e. The summed E-state index contributed by atoms with van der Waals surface area (Å²) in [7, 11) is 0. The Morgan fingerprint density at radius 3 is 2.93 bits per heavy atom. The topological polar surface area (TPSA) is 30.2 Å². The largest absolute Gasteiger partial charge is 0.452 e. The maximum absolute atomic E-state index is 11.1. The highest BCUT2D eigenvalue weighted by atomic mass is 16.3. The lowest BCUT2D eigenvalue weighted by atomic mass is 10.2. The Bertz CT molecular complexity index is 541. The summed E-state index contributed by atoms with van der Waals surface area (Å²) in [5.41, 5.74) is 1.81. The molecule has 0 aliphatic rings. The van der Waals surface area contributed by atoms with Gasteiger partial charge in [-0.2, -0.15) is 0 Å². The van der Waals surface area contributed by atoms with Crippen molar-refractivity contribution < 1.29 is 9.21 Å². The summed E-state index contributed by atoms with van der Waals surface area (Å²) in [6.45, 7) is 1.98. The fourth-order valence-corrected chi connectivity index (χ4v) is 1.35. The van der Waals surface area contributed by atoms with Crippen molar-refractivity contribution in [2.45, 2.75) is 6.92 Å². The lowest BCUT2D eigenvalue weighted by Crippen LogP contribution is -1.89. The molecule has 0 amide bonds. The summed E-state index contributed by atoms with van der Waals surface area (Å²) in [5.74, 6) is 1.84. The average molecular weight is 184 g/mol. The van der Waals surface area contributed by atoms with Gasteiger partial charge in [0, 0.05) is 5.39 Å². The van der Waals surface area contributed by atoms with Crippen LogP contribution in [0.5, 0.6) is 0 Å². The van der Waals surface area contributed by atoms with Crippen LogP contribution in [0.25, 0.3) is 11.0 Å².